The maximum Gasteiger partial charge on any atom is 0.258 e. The minimum Gasteiger partial charge on any atom is -0.484 e. The molecule has 0 bridgehead atoms. The molecule has 4 nitrogen and oxygen atoms in total. The number of ether oxygens (including phenoxy) is 1. The van der Waals surface area contributed by atoms with Gasteiger partial charge in [-0.3, -0.25) is 9.69 Å². The number of nitrogens with zero attached hydrogens (tertiary/aromatic N) is 1. The number of hydrogen-bond donors (Lipinski definition) is 1. The van der Waals surface area contributed by atoms with E-state index in [1.165, 1.54) is 37.2 Å². The van der Waals surface area contributed by atoms with Crippen LogP contribution in [0, 0.1) is 3.57 Å². The van der Waals surface area contributed by atoms with Gasteiger partial charge in [-0.15, -0.1) is 0 Å². The molecule has 1 heterocycles. The van der Waals surface area contributed by atoms with Crippen molar-refractivity contribution in [1.29, 1.82) is 0 Å². The molecule has 132 valence electrons. The minimum atomic E-state index is -0.0220. The fourth-order valence-electron chi connectivity index (χ4n) is 3.67. The van der Waals surface area contributed by atoms with Crippen LogP contribution in [0.15, 0.2) is 24.3 Å². The summed E-state index contributed by atoms with van der Waals surface area (Å²) >= 11 is 4.29. The van der Waals surface area contributed by atoms with Gasteiger partial charge in [-0.2, -0.15) is 11.8 Å². The SMILES string of the molecule is O=C(COc1ccc(I)cc1)NCC1(N2CCSCC2)CCCC1. The molecule has 1 aromatic carbocycles. The van der Waals surface area contributed by atoms with Crippen molar-refractivity contribution in [3.8, 4) is 5.75 Å². The lowest BCUT2D eigenvalue weighted by Crippen LogP contribution is -2.56. The lowest BCUT2D eigenvalue weighted by Gasteiger charge is -2.43. The third-order valence-electron chi connectivity index (χ3n) is 5.01. The number of benzene rings is 1. The molecule has 3 rings (SSSR count). The molecule has 1 aliphatic carbocycles. The second-order valence-electron chi connectivity index (χ2n) is 6.55. The van der Waals surface area contributed by atoms with Gasteiger partial charge in [0.25, 0.3) is 5.91 Å². The molecule has 2 aliphatic rings. The summed E-state index contributed by atoms with van der Waals surface area (Å²) in [5, 5.41) is 3.13. The van der Waals surface area contributed by atoms with Gasteiger partial charge in [0.2, 0.25) is 0 Å². The molecule has 0 aromatic heterocycles. The Morgan fingerprint density at radius 3 is 2.54 bits per heavy atom. The Labute approximate surface area is 162 Å². The minimum absolute atomic E-state index is 0.0220. The Bertz CT molecular complexity index is 540. The highest BCUT2D eigenvalue weighted by atomic mass is 127. The van der Waals surface area contributed by atoms with Crippen LogP contribution in [0.3, 0.4) is 0 Å². The van der Waals surface area contributed by atoms with Crippen LogP contribution in [0.2, 0.25) is 0 Å². The predicted molar refractivity (Wildman–Crippen MR) is 108 cm³/mol. The maximum atomic E-state index is 12.2. The van der Waals surface area contributed by atoms with Crippen LogP contribution in [0.4, 0.5) is 0 Å². The van der Waals surface area contributed by atoms with E-state index in [1.807, 2.05) is 36.0 Å². The van der Waals surface area contributed by atoms with E-state index in [2.05, 4.69) is 32.8 Å². The van der Waals surface area contributed by atoms with Crippen molar-refractivity contribution in [3.63, 3.8) is 0 Å². The number of carbonyl (C=O) groups excluding carboxylic acids is 1. The summed E-state index contributed by atoms with van der Waals surface area (Å²) in [6.45, 7) is 3.15. The molecule has 1 amide bonds. The van der Waals surface area contributed by atoms with Crippen molar-refractivity contribution in [2.75, 3.05) is 37.7 Å². The largest absolute Gasteiger partial charge is 0.484 e. The molecule has 1 aliphatic heterocycles. The molecule has 0 radical (unpaired) electrons. The second-order valence-corrected chi connectivity index (χ2v) is 9.02. The second kappa shape index (κ2) is 8.76. The smallest absolute Gasteiger partial charge is 0.258 e. The van der Waals surface area contributed by atoms with Crippen LogP contribution in [0.1, 0.15) is 25.7 Å². The lowest BCUT2D eigenvalue weighted by molar-refractivity contribution is -0.123. The van der Waals surface area contributed by atoms with Gasteiger partial charge >= 0.3 is 0 Å². The molecular weight excluding hydrogens is 435 g/mol. The van der Waals surface area contributed by atoms with Crippen molar-refractivity contribution in [2.24, 2.45) is 0 Å². The van der Waals surface area contributed by atoms with E-state index in [0.717, 1.165) is 29.0 Å². The van der Waals surface area contributed by atoms with E-state index < -0.39 is 0 Å². The highest BCUT2D eigenvalue weighted by molar-refractivity contribution is 14.1. The molecule has 24 heavy (non-hydrogen) atoms. The number of nitrogens with one attached hydrogen (secondary N) is 1. The average Bonchev–Trinajstić information content (AvgIpc) is 3.10. The molecule has 6 heteroatoms. The van der Waals surface area contributed by atoms with E-state index >= 15 is 0 Å². The van der Waals surface area contributed by atoms with Crippen molar-refractivity contribution in [1.82, 2.24) is 10.2 Å². The Morgan fingerprint density at radius 2 is 1.88 bits per heavy atom. The molecule has 0 unspecified atom stereocenters. The van der Waals surface area contributed by atoms with Gasteiger partial charge in [0.05, 0.1) is 0 Å². The van der Waals surface area contributed by atoms with Gasteiger partial charge < -0.3 is 10.1 Å². The first-order chi connectivity index (χ1) is 11.7. The normalized spacial score (nSPS) is 20.7. The number of amides is 1. The van der Waals surface area contributed by atoms with Crippen molar-refractivity contribution < 1.29 is 9.53 Å². The molecular formula is C18H25IN2O2S. The summed E-state index contributed by atoms with van der Waals surface area (Å²) in [6, 6.07) is 7.77. The van der Waals surface area contributed by atoms with Gasteiger partial charge in [0.15, 0.2) is 6.61 Å². The van der Waals surface area contributed by atoms with Gasteiger partial charge in [0, 0.05) is 40.2 Å². The zero-order valence-electron chi connectivity index (χ0n) is 13.9. The van der Waals surface area contributed by atoms with Crippen LogP contribution in [0.5, 0.6) is 5.75 Å². The highest BCUT2D eigenvalue weighted by Crippen LogP contribution is 2.36. The van der Waals surface area contributed by atoms with Crippen LogP contribution < -0.4 is 10.1 Å². The van der Waals surface area contributed by atoms with Crippen LogP contribution in [-0.2, 0) is 4.79 Å². The standard InChI is InChI=1S/C18H25IN2O2S/c19-15-3-5-16(6-4-15)23-13-17(22)20-14-18(7-1-2-8-18)21-9-11-24-12-10-21/h3-6H,1-2,7-14H2,(H,20,22). The molecule has 2 fully saturated rings. The topological polar surface area (TPSA) is 41.6 Å². The van der Waals surface area contributed by atoms with Crippen molar-refractivity contribution >= 4 is 40.3 Å². The maximum absolute atomic E-state index is 12.2. The summed E-state index contributed by atoms with van der Waals surface area (Å²) < 4.78 is 6.74. The zero-order valence-corrected chi connectivity index (χ0v) is 16.9. The van der Waals surface area contributed by atoms with Crippen molar-refractivity contribution in [2.45, 2.75) is 31.2 Å². The first-order valence-electron chi connectivity index (χ1n) is 8.66. The summed E-state index contributed by atoms with van der Waals surface area (Å²) in [7, 11) is 0. The van der Waals surface area contributed by atoms with Gasteiger partial charge in [-0.05, 0) is 59.7 Å². The first-order valence-corrected chi connectivity index (χ1v) is 10.9. The molecule has 0 spiro atoms. The molecule has 1 saturated carbocycles. The fourth-order valence-corrected chi connectivity index (χ4v) is 4.93. The van der Waals surface area contributed by atoms with Crippen LogP contribution >= 0.6 is 34.4 Å². The van der Waals surface area contributed by atoms with E-state index in [1.54, 1.807) is 0 Å². The average molecular weight is 460 g/mol. The number of thioether (sulfide) groups is 1. The molecule has 1 aromatic rings. The predicted octanol–water partition coefficient (Wildman–Crippen LogP) is 3.15. The highest BCUT2D eigenvalue weighted by Gasteiger charge is 2.40. The quantitative estimate of drug-likeness (QED) is 0.663. The van der Waals surface area contributed by atoms with Gasteiger partial charge in [-0.25, -0.2) is 0 Å². The van der Waals surface area contributed by atoms with E-state index in [0.29, 0.717) is 0 Å². The Balaban J connectivity index is 1.49. The Morgan fingerprint density at radius 1 is 1.21 bits per heavy atom. The number of hydrogen-bond acceptors (Lipinski definition) is 4. The summed E-state index contributed by atoms with van der Waals surface area (Å²) in [5.74, 6) is 3.15. The van der Waals surface area contributed by atoms with E-state index in [4.69, 9.17) is 4.74 Å². The molecule has 1 saturated heterocycles. The van der Waals surface area contributed by atoms with Crippen molar-refractivity contribution in [3.05, 3.63) is 27.8 Å². The van der Waals surface area contributed by atoms with Gasteiger partial charge in [0.1, 0.15) is 5.75 Å². The summed E-state index contributed by atoms with van der Waals surface area (Å²) in [5.41, 5.74) is 0.180. The van der Waals surface area contributed by atoms with E-state index in [9.17, 15) is 4.79 Å². The third-order valence-corrected chi connectivity index (χ3v) is 6.68. The third kappa shape index (κ3) is 4.79. The Kier molecular flexibility index (Phi) is 6.69. The van der Waals surface area contributed by atoms with Gasteiger partial charge in [-0.1, -0.05) is 12.8 Å². The molecule has 0 atom stereocenters. The van der Waals surface area contributed by atoms with Crippen LogP contribution in [-0.4, -0.2) is 54.1 Å². The molecule has 1 N–H and O–H groups in total. The van der Waals surface area contributed by atoms with E-state index in [-0.39, 0.29) is 18.1 Å². The number of carbonyl (C=O) groups is 1. The Hall–Kier alpha value is -0.470. The number of halogens is 1. The zero-order chi connectivity index (χ0) is 16.8. The first kappa shape index (κ1) is 18.3. The fraction of sp³-hybridized carbons (Fsp3) is 0.611. The van der Waals surface area contributed by atoms with Crippen LogP contribution in [0.25, 0.3) is 0 Å². The number of rotatable bonds is 6. The monoisotopic (exact) mass is 460 g/mol. The lowest BCUT2D eigenvalue weighted by atomic mass is 9.94. The summed E-state index contributed by atoms with van der Waals surface area (Å²) in [6.07, 6.45) is 4.96. The summed E-state index contributed by atoms with van der Waals surface area (Å²) in [4.78, 5) is 14.8.